The van der Waals surface area contributed by atoms with E-state index in [2.05, 4.69) is 11.8 Å². The third-order valence-electron chi connectivity index (χ3n) is 6.22. The van der Waals surface area contributed by atoms with Gasteiger partial charge in [-0.1, -0.05) is 31.2 Å². The van der Waals surface area contributed by atoms with E-state index in [0.29, 0.717) is 35.2 Å². The molecule has 0 radical (unpaired) electrons. The first-order valence-electron chi connectivity index (χ1n) is 11.1. The van der Waals surface area contributed by atoms with Gasteiger partial charge in [0.15, 0.2) is 0 Å². The van der Waals surface area contributed by atoms with Crippen molar-refractivity contribution in [3.63, 3.8) is 0 Å². The van der Waals surface area contributed by atoms with E-state index in [1.165, 1.54) is 4.90 Å². The van der Waals surface area contributed by atoms with Crippen LogP contribution in [0.3, 0.4) is 0 Å². The minimum atomic E-state index is -0.268. The van der Waals surface area contributed by atoms with Crippen LogP contribution in [0.25, 0.3) is 5.57 Å². The van der Waals surface area contributed by atoms with Gasteiger partial charge in [-0.3, -0.25) is 9.59 Å². The van der Waals surface area contributed by atoms with Crippen LogP contribution in [0.15, 0.2) is 48.2 Å². The lowest BCUT2D eigenvalue weighted by Gasteiger charge is -2.33. The number of anilines is 1. The summed E-state index contributed by atoms with van der Waals surface area (Å²) in [6.45, 7) is 10.3. The maximum absolute atomic E-state index is 13.7. The summed E-state index contributed by atoms with van der Waals surface area (Å²) >= 11 is 0. The fraction of sp³-hybridized carbons (Fsp3) is 0.385. The summed E-state index contributed by atoms with van der Waals surface area (Å²) in [6.07, 6.45) is 2.16. The Labute approximate surface area is 184 Å². The van der Waals surface area contributed by atoms with Crippen LogP contribution in [-0.4, -0.2) is 36.4 Å². The second-order valence-corrected chi connectivity index (χ2v) is 8.59. The zero-order chi connectivity index (χ0) is 22.1. The number of carbonyl (C=O) groups excluding carboxylic acids is 2. The lowest BCUT2D eigenvalue weighted by molar-refractivity contribution is -0.120. The van der Waals surface area contributed by atoms with Gasteiger partial charge in [-0.2, -0.15) is 0 Å². The molecular weight excluding hydrogens is 388 g/mol. The van der Waals surface area contributed by atoms with Crippen LogP contribution in [0.4, 0.5) is 5.69 Å². The molecule has 162 valence electrons. The Balaban J connectivity index is 1.82. The van der Waals surface area contributed by atoms with Crippen LogP contribution < -0.4 is 9.64 Å². The van der Waals surface area contributed by atoms with Gasteiger partial charge in [-0.05, 0) is 68.4 Å². The van der Waals surface area contributed by atoms with Gasteiger partial charge in [0.1, 0.15) is 11.4 Å². The van der Waals surface area contributed by atoms with Crippen molar-refractivity contribution < 1.29 is 14.3 Å². The Morgan fingerprint density at radius 1 is 1.03 bits per heavy atom. The van der Waals surface area contributed by atoms with Crippen LogP contribution >= 0.6 is 0 Å². The van der Waals surface area contributed by atoms with Crippen LogP contribution in [-0.2, 0) is 9.59 Å². The molecule has 1 fully saturated rings. The van der Waals surface area contributed by atoms with Gasteiger partial charge < -0.3 is 9.64 Å². The van der Waals surface area contributed by atoms with Gasteiger partial charge in [0.2, 0.25) is 0 Å². The topological polar surface area (TPSA) is 49.9 Å². The number of piperidine rings is 1. The lowest BCUT2D eigenvalue weighted by Crippen LogP contribution is -2.39. The Morgan fingerprint density at radius 3 is 2.55 bits per heavy atom. The minimum absolute atomic E-state index is 0.249. The molecule has 1 saturated heterocycles. The fourth-order valence-electron chi connectivity index (χ4n) is 4.47. The van der Waals surface area contributed by atoms with Gasteiger partial charge >= 0.3 is 0 Å². The zero-order valence-corrected chi connectivity index (χ0v) is 18.8. The molecule has 5 nitrogen and oxygen atoms in total. The van der Waals surface area contributed by atoms with E-state index < -0.39 is 0 Å². The highest BCUT2D eigenvalue weighted by atomic mass is 16.5. The van der Waals surface area contributed by atoms with E-state index in [9.17, 15) is 9.59 Å². The largest absolute Gasteiger partial charge is 0.494 e. The molecule has 0 spiro atoms. The van der Waals surface area contributed by atoms with Gasteiger partial charge in [0, 0.05) is 19.2 Å². The van der Waals surface area contributed by atoms with E-state index in [1.807, 2.05) is 51.1 Å². The summed E-state index contributed by atoms with van der Waals surface area (Å²) in [6, 6.07) is 13.2. The maximum Gasteiger partial charge on any atom is 0.282 e. The number of hydrogen-bond donors (Lipinski definition) is 0. The molecule has 2 aromatic rings. The molecule has 2 aliphatic heterocycles. The van der Waals surface area contributed by atoms with E-state index >= 15 is 0 Å². The quantitative estimate of drug-likeness (QED) is 0.660. The Bertz CT molecular complexity index is 1060. The van der Waals surface area contributed by atoms with Crippen LogP contribution in [0.5, 0.6) is 5.75 Å². The third kappa shape index (κ3) is 3.97. The summed E-state index contributed by atoms with van der Waals surface area (Å²) in [5.41, 5.74) is 4.65. The van der Waals surface area contributed by atoms with Crippen molar-refractivity contribution in [3.8, 4) is 5.75 Å². The summed E-state index contributed by atoms with van der Waals surface area (Å²) in [5.74, 6) is 0.616. The molecule has 5 heteroatoms. The first-order chi connectivity index (χ1) is 14.9. The van der Waals surface area contributed by atoms with Gasteiger partial charge in [0.25, 0.3) is 11.8 Å². The van der Waals surface area contributed by atoms with E-state index in [-0.39, 0.29) is 11.8 Å². The van der Waals surface area contributed by atoms with Crippen molar-refractivity contribution >= 4 is 23.1 Å². The molecule has 1 unspecified atom stereocenters. The van der Waals surface area contributed by atoms with Crippen molar-refractivity contribution in [2.24, 2.45) is 5.92 Å². The van der Waals surface area contributed by atoms with Crippen LogP contribution in [0, 0.1) is 19.8 Å². The van der Waals surface area contributed by atoms with Crippen molar-refractivity contribution in [1.82, 2.24) is 4.90 Å². The first kappa shape index (κ1) is 21.2. The van der Waals surface area contributed by atoms with E-state index in [0.717, 1.165) is 42.6 Å². The Kier molecular flexibility index (Phi) is 5.86. The average molecular weight is 419 g/mol. The molecule has 31 heavy (non-hydrogen) atoms. The smallest absolute Gasteiger partial charge is 0.282 e. The first-order valence-corrected chi connectivity index (χ1v) is 11.1. The molecule has 2 aliphatic rings. The van der Waals surface area contributed by atoms with Crippen molar-refractivity contribution in [1.29, 1.82) is 0 Å². The van der Waals surface area contributed by atoms with Gasteiger partial charge in [0.05, 0.1) is 17.9 Å². The summed E-state index contributed by atoms with van der Waals surface area (Å²) in [5, 5.41) is 0. The number of carbonyl (C=O) groups is 2. The molecule has 0 bridgehead atoms. The number of ether oxygens (including phenoxy) is 1. The highest BCUT2D eigenvalue weighted by Gasteiger charge is 2.43. The number of hydrogen-bond acceptors (Lipinski definition) is 4. The second-order valence-electron chi connectivity index (χ2n) is 8.59. The van der Waals surface area contributed by atoms with E-state index in [1.54, 1.807) is 12.1 Å². The molecule has 2 amide bonds. The number of nitrogens with zero attached hydrogens (tertiary/aromatic N) is 2. The second kappa shape index (κ2) is 8.58. The fourth-order valence-corrected chi connectivity index (χ4v) is 4.47. The van der Waals surface area contributed by atoms with Crippen molar-refractivity contribution in [2.45, 2.75) is 40.5 Å². The molecule has 2 heterocycles. The monoisotopic (exact) mass is 418 g/mol. The molecule has 0 aromatic heterocycles. The molecular formula is C26H30N2O3. The standard InChI is InChI=1S/C26H30N2O3/c1-5-31-22-10-6-9-21(15-22)28-25(29)23(20-12-11-18(3)19(4)14-20)24(26(28)30)27-13-7-8-17(2)16-27/h6,9-12,14-15,17H,5,7-8,13,16H2,1-4H3. The predicted octanol–water partition coefficient (Wildman–Crippen LogP) is 4.72. The maximum atomic E-state index is 13.7. The van der Waals surface area contributed by atoms with Gasteiger partial charge in [-0.25, -0.2) is 4.90 Å². The SMILES string of the molecule is CCOc1cccc(N2C(=O)C(c3ccc(C)c(C)c3)=C(N3CCCC(C)C3)C2=O)c1. The lowest BCUT2D eigenvalue weighted by atomic mass is 9.96. The number of likely N-dealkylation sites (tertiary alicyclic amines) is 1. The molecule has 2 aromatic carbocycles. The predicted molar refractivity (Wildman–Crippen MR) is 123 cm³/mol. The molecule has 4 rings (SSSR count). The van der Waals surface area contributed by atoms with Crippen LogP contribution in [0.2, 0.25) is 0 Å². The summed E-state index contributed by atoms with van der Waals surface area (Å²) < 4.78 is 5.60. The number of rotatable bonds is 5. The molecule has 0 saturated carbocycles. The zero-order valence-electron chi connectivity index (χ0n) is 18.8. The van der Waals surface area contributed by atoms with Crippen LogP contribution in [0.1, 0.15) is 43.4 Å². The van der Waals surface area contributed by atoms with Gasteiger partial charge in [-0.15, -0.1) is 0 Å². The molecule has 0 aliphatic carbocycles. The average Bonchev–Trinajstić information content (AvgIpc) is 3.00. The number of benzene rings is 2. The molecule has 0 N–H and O–H groups in total. The minimum Gasteiger partial charge on any atom is -0.494 e. The Morgan fingerprint density at radius 2 is 1.84 bits per heavy atom. The highest BCUT2D eigenvalue weighted by molar-refractivity contribution is 6.45. The highest BCUT2D eigenvalue weighted by Crippen LogP contribution is 2.37. The number of aryl methyl sites for hydroxylation is 2. The number of amides is 2. The Hall–Kier alpha value is -3.08. The summed E-state index contributed by atoms with van der Waals surface area (Å²) in [4.78, 5) is 30.8. The van der Waals surface area contributed by atoms with Crippen molar-refractivity contribution in [3.05, 3.63) is 64.9 Å². The summed E-state index contributed by atoms with van der Waals surface area (Å²) in [7, 11) is 0. The third-order valence-corrected chi connectivity index (χ3v) is 6.22. The van der Waals surface area contributed by atoms with E-state index in [4.69, 9.17) is 4.74 Å². The number of imide groups is 1. The normalized spacial score (nSPS) is 19.4. The molecule has 1 atom stereocenters. The van der Waals surface area contributed by atoms with Crippen molar-refractivity contribution in [2.75, 3.05) is 24.6 Å².